The highest BCUT2D eigenvalue weighted by molar-refractivity contribution is 5.87. The SMILES string of the molecule is CN(C(=O)C(O)c1cccc(C=O)c1[N+](=O)[O-])C1CCCCC1. The van der Waals surface area contributed by atoms with Crippen LogP contribution in [0.2, 0.25) is 0 Å². The first-order valence-electron chi connectivity index (χ1n) is 7.64. The number of carbonyl (C=O) groups excluding carboxylic acids is 2. The highest BCUT2D eigenvalue weighted by Gasteiger charge is 2.32. The Balaban J connectivity index is 2.28. The first-order valence-corrected chi connectivity index (χ1v) is 7.64. The van der Waals surface area contributed by atoms with Crippen LogP contribution in [0.1, 0.15) is 54.1 Å². The summed E-state index contributed by atoms with van der Waals surface area (Å²) in [6, 6.07) is 4.06. The summed E-state index contributed by atoms with van der Waals surface area (Å²) in [5, 5.41) is 21.5. The first kappa shape index (κ1) is 17.1. The zero-order chi connectivity index (χ0) is 17.0. The summed E-state index contributed by atoms with van der Waals surface area (Å²) in [7, 11) is 1.61. The molecular formula is C16H20N2O5. The molecule has 0 bridgehead atoms. The summed E-state index contributed by atoms with van der Waals surface area (Å²) in [4.78, 5) is 35.4. The van der Waals surface area contributed by atoms with Crippen LogP contribution in [0.3, 0.4) is 0 Å². The molecule has 0 aliphatic heterocycles. The maximum absolute atomic E-state index is 12.5. The maximum Gasteiger partial charge on any atom is 0.286 e. The molecular weight excluding hydrogens is 300 g/mol. The standard InChI is InChI=1S/C16H20N2O5/c1-17(12-7-3-2-4-8-12)16(21)15(20)13-9-5-6-11(10-19)14(13)18(22)23/h5-6,9-10,12,15,20H,2-4,7-8H2,1H3. The molecule has 23 heavy (non-hydrogen) atoms. The minimum atomic E-state index is -1.65. The number of para-hydroxylation sites is 1. The van der Waals surface area contributed by atoms with E-state index in [0.717, 1.165) is 32.1 Å². The lowest BCUT2D eigenvalue weighted by atomic mass is 9.93. The minimum Gasteiger partial charge on any atom is -0.378 e. The Morgan fingerprint density at radius 1 is 1.39 bits per heavy atom. The van der Waals surface area contributed by atoms with Crippen molar-refractivity contribution >= 4 is 17.9 Å². The van der Waals surface area contributed by atoms with Gasteiger partial charge < -0.3 is 10.0 Å². The van der Waals surface area contributed by atoms with E-state index in [9.17, 15) is 24.8 Å². The van der Waals surface area contributed by atoms with Crippen molar-refractivity contribution in [3.05, 3.63) is 39.4 Å². The van der Waals surface area contributed by atoms with E-state index in [2.05, 4.69) is 0 Å². The van der Waals surface area contributed by atoms with Gasteiger partial charge in [0.1, 0.15) is 0 Å². The second kappa shape index (κ2) is 7.32. The van der Waals surface area contributed by atoms with E-state index < -0.39 is 22.6 Å². The smallest absolute Gasteiger partial charge is 0.286 e. The highest BCUT2D eigenvalue weighted by atomic mass is 16.6. The van der Waals surface area contributed by atoms with Crippen LogP contribution in [0.4, 0.5) is 5.69 Å². The molecule has 0 spiro atoms. The summed E-state index contributed by atoms with van der Waals surface area (Å²) in [5.74, 6) is -0.581. The highest BCUT2D eigenvalue weighted by Crippen LogP contribution is 2.30. The van der Waals surface area contributed by atoms with E-state index in [1.165, 1.54) is 23.1 Å². The summed E-state index contributed by atoms with van der Waals surface area (Å²) < 4.78 is 0. The number of benzene rings is 1. The van der Waals surface area contributed by atoms with Crippen molar-refractivity contribution in [3.8, 4) is 0 Å². The van der Waals surface area contributed by atoms with Gasteiger partial charge in [0, 0.05) is 13.1 Å². The number of aldehydes is 1. The quantitative estimate of drug-likeness (QED) is 0.509. The van der Waals surface area contributed by atoms with E-state index in [0.29, 0.717) is 6.29 Å². The van der Waals surface area contributed by atoms with Crippen molar-refractivity contribution in [1.29, 1.82) is 0 Å². The number of hydrogen-bond acceptors (Lipinski definition) is 5. The minimum absolute atomic E-state index is 0.0409. The second-order valence-corrected chi connectivity index (χ2v) is 5.80. The number of amides is 1. The second-order valence-electron chi connectivity index (χ2n) is 5.80. The molecule has 1 N–H and O–H groups in total. The summed E-state index contributed by atoms with van der Waals surface area (Å²) in [6.07, 6.45) is 3.62. The van der Waals surface area contributed by atoms with E-state index >= 15 is 0 Å². The zero-order valence-electron chi connectivity index (χ0n) is 13.0. The van der Waals surface area contributed by atoms with Gasteiger partial charge in [-0.25, -0.2) is 0 Å². The Labute approximate surface area is 134 Å². The van der Waals surface area contributed by atoms with Gasteiger partial charge in [0.15, 0.2) is 12.4 Å². The lowest BCUT2D eigenvalue weighted by Crippen LogP contribution is -2.41. The Morgan fingerprint density at radius 2 is 2.04 bits per heavy atom. The molecule has 0 aromatic heterocycles. The molecule has 0 heterocycles. The van der Waals surface area contributed by atoms with Crippen LogP contribution in [0.15, 0.2) is 18.2 Å². The van der Waals surface area contributed by atoms with Crippen molar-refractivity contribution < 1.29 is 19.6 Å². The molecule has 124 valence electrons. The van der Waals surface area contributed by atoms with Crippen LogP contribution in [0.25, 0.3) is 0 Å². The molecule has 0 radical (unpaired) electrons. The van der Waals surface area contributed by atoms with Crippen LogP contribution < -0.4 is 0 Å². The van der Waals surface area contributed by atoms with Gasteiger partial charge in [0.2, 0.25) is 0 Å². The fraction of sp³-hybridized carbons (Fsp3) is 0.500. The predicted octanol–water partition coefficient (Wildman–Crippen LogP) is 2.23. The molecule has 1 amide bonds. The molecule has 1 unspecified atom stereocenters. The molecule has 1 saturated carbocycles. The van der Waals surface area contributed by atoms with Crippen LogP contribution in [-0.4, -0.2) is 40.2 Å². The Morgan fingerprint density at radius 3 is 2.61 bits per heavy atom. The first-order chi connectivity index (χ1) is 11.0. The molecule has 1 aromatic carbocycles. The Hall–Kier alpha value is -2.28. The topological polar surface area (TPSA) is 101 Å². The van der Waals surface area contributed by atoms with E-state index in [1.807, 2.05) is 0 Å². The van der Waals surface area contributed by atoms with E-state index in [-0.39, 0.29) is 17.2 Å². The molecule has 2 rings (SSSR count). The van der Waals surface area contributed by atoms with Crippen molar-refractivity contribution in [2.45, 2.75) is 44.2 Å². The molecule has 7 heteroatoms. The van der Waals surface area contributed by atoms with Gasteiger partial charge in [-0.1, -0.05) is 25.3 Å². The lowest BCUT2D eigenvalue weighted by Gasteiger charge is -2.32. The average Bonchev–Trinajstić information content (AvgIpc) is 2.59. The fourth-order valence-electron chi connectivity index (χ4n) is 3.08. The monoisotopic (exact) mass is 320 g/mol. The number of nitrogens with zero attached hydrogens (tertiary/aromatic N) is 2. The van der Waals surface area contributed by atoms with Crippen LogP contribution in [-0.2, 0) is 4.79 Å². The number of nitro benzene ring substituents is 1. The van der Waals surface area contributed by atoms with Gasteiger partial charge in [0.25, 0.3) is 11.6 Å². The average molecular weight is 320 g/mol. The van der Waals surface area contributed by atoms with Gasteiger partial charge in [-0.3, -0.25) is 19.7 Å². The number of hydrogen-bond donors (Lipinski definition) is 1. The third-order valence-electron chi connectivity index (χ3n) is 4.41. The Kier molecular flexibility index (Phi) is 5.44. The van der Waals surface area contributed by atoms with E-state index in [1.54, 1.807) is 7.05 Å². The van der Waals surface area contributed by atoms with Crippen LogP contribution in [0, 0.1) is 10.1 Å². The van der Waals surface area contributed by atoms with Gasteiger partial charge in [-0.2, -0.15) is 0 Å². The summed E-state index contributed by atoms with van der Waals surface area (Å²) >= 11 is 0. The lowest BCUT2D eigenvalue weighted by molar-refractivity contribution is -0.386. The molecule has 1 fully saturated rings. The molecule has 0 saturated heterocycles. The maximum atomic E-state index is 12.5. The number of aliphatic hydroxyl groups is 1. The van der Waals surface area contributed by atoms with Crippen LogP contribution >= 0.6 is 0 Å². The van der Waals surface area contributed by atoms with Gasteiger partial charge in [0.05, 0.1) is 16.1 Å². The van der Waals surface area contributed by atoms with E-state index in [4.69, 9.17) is 0 Å². The molecule has 1 aliphatic rings. The predicted molar refractivity (Wildman–Crippen MR) is 83.1 cm³/mol. The number of carbonyl (C=O) groups is 2. The van der Waals surface area contributed by atoms with Gasteiger partial charge >= 0.3 is 0 Å². The molecule has 1 atom stereocenters. The normalized spacial score (nSPS) is 16.6. The van der Waals surface area contributed by atoms with Gasteiger partial charge in [-0.15, -0.1) is 0 Å². The van der Waals surface area contributed by atoms with Gasteiger partial charge in [-0.05, 0) is 25.0 Å². The van der Waals surface area contributed by atoms with Crippen molar-refractivity contribution in [3.63, 3.8) is 0 Å². The van der Waals surface area contributed by atoms with Crippen molar-refractivity contribution in [2.24, 2.45) is 0 Å². The fourth-order valence-corrected chi connectivity index (χ4v) is 3.08. The number of rotatable bonds is 5. The van der Waals surface area contributed by atoms with Crippen molar-refractivity contribution in [2.75, 3.05) is 7.05 Å². The third-order valence-corrected chi connectivity index (χ3v) is 4.41. The number of aliphatic hydroxyl groups excluding tert-OH is 1. The molecule has 1 aliphatic carbocycles. The summed E-state index contributed by atoms with van der Waals surface area (Å²) in [5.41, 5.74) is -0.813. The number of likely N-dealkylation sites (N-methyl/N-ethyl adjacent to an activating group) is 1. The van der Waals surface area contributed by atoms with Crippen LogP contribution in [0.5, 0.6) is 0 Å². The van der Waals surface area contributed by atoms with Crippen molar-refractivity contribution in [1.82, 2.24) is 4.90 Å². The zero-order valence-corrected chi connectivity index (χ0v) is 13.0. The number of nitro groups is 1. The summed E-state index contributed by atoms with van der Waals surface area (Å²) in [6.45, 7) is 0. The molecule has 7 nitrogen and oxygen atoms in total. The largest absolute Gasteiger partial charge is 0.378 e. The third kappa shape index (κ3) is 3.56. The molecule has 1 aromatic rings. The Bertz CT molecular complexity index is 610.